The Kier molecular flexibility index (Phi) is 10.8. The van der Waals surface area contributed by atoms with Crippen LogP contribution in [0.25, 0.3) is 153 Å². The summed E-state index contributed by atoms with van der Waals surface area (Å²) in [6.07, 6.45) is 0. The predicted octanol–water partition coefficient (Wildman–Crippen LogP) is 19.8. The van der Waals surface area contributed by atoms with Gasteiger partial charge in [-0.15, -0.1) is 0 Å². The van der Waals surface area contributed by atoms with E-state index in [0.717, 1.165) is 88.8 Å². The van der Waals surface area contributed by atoms with Gasteiger partial charge in [0.05, 0.1) is 69.9 Å². The summed E-state index contributed by atoms with van der Waals surface area (Å²) in [4.78, 5) is 21.6. The van der Waals surface area contributed by atoms with Crippen molar-refractivity contribution in [2.75, 3.05) is 0 Å². The van der Waals surface area contributed by atoms with Crippen LogP contribution >= 0.6 is 0 Å². The van der Waals surface area contributed by atoms with E-state index in [1.807, 2.05) is 60.7 Å². The fourth-order valence-corrected chi connectivity index (χ4v) is 12.0. The number of benzene rings is 11. The smallest absolute Gasteiger partial charge is 0.211 e. The molecule has 0 radical (unpaired) electrons. The highest BCUT2D eigenvalue weighted by Gasteiger charge is 2.21. The predicted molar refractivity (Wildman–Crippen MR) is 331 cm³/mol. The number of rotatable bonds is 8. The van der Waals surface area contributed by atoms with E-state index in [1.54, 1.807) is 12.1 Å². The normalized spacial score (nSPS) is 11.4. The molecule has 8 heteroatoms. The highest BCUT2D eigenvalue weighted by Crippen LogP contribution is 2.43. The lowest BCUT2D eigenvalue weighted by molar-refractivity contribution is 1.16. The highest BCUT2D eigenvalue weighted by atomic mass is 15.0. The molecule has 0 fully saturated rings. The molecule has 15 aromatic rings. The maximum absolute atomic E-state index is 8.67. The summed E-state index contributed by atoms with van der Waals surface area (Å²) in [5.41, 5.74) is 18.6. The molecule has 0 aliphatic rings. The summed E-state index contributed by atoms with van der Waals surface area (Å²) in [7, 11) is 0. The molecule has 374 valence electrons. The van der Waals surface area contributed by atoms with Crippen LogP contribution in [-0.2, 0) is 0 Å². The van der Waals surface area contributed by atoms with Gasteiger partial charge in [0.25, 0.3) is 0 Å². The molecule has 0 atom stereocenters. The minimum atomic E-state index is 0.424. The molecule has 0 aliphatic carbocycles. The third kappa shape index (κ3) is 7.58. The first kappa shape index (κ1) is 46.7. The summed E-state index contributed by atoms with van der Waals surface area (Å²) in [6.45, 7) is 24.3. The lowest BCUT2D eigenvalue weighted by Crippen LogP contribution is -1.97. The average molecular weight is 1030 g/mol. The summed E-state index contributed by atoms with van der Waals surface area (Å²) in [5, 5.41) is 7.02. The van der Waals surface area contributed by atoms with Crippen LogP contribution in [0.15, 0.2) is 255 Å². The number of hydrogen-bond donors (Lipinski definition) is 0. The molecule has 15 rings (SSSR count). The van der Waals surface area contributed by atoms with Crippen molar-refractivity contribution < 1.29 is 0 Å². The van der Waals surface area contributed by atoms with Gasteiger partial charge in [-0.3, -0.25) is 0 Å². The number of para-hydroxylation sites is 6. The highest BCUT2D eigenvalue weighted by molar-refractivity contribution is 6.14. The summed E-state index contributed by atoms with van der Waals surface area (Å²) >= 11 is 0. The molecular formula is C73H42N8. The third-order valence-electron chi connectivity index (χ3n) is 15.8. The molecule has 4 heterocycles. The lowest BCUT2D eigenvalue weighted by atomic mass is 9.98. The van der Waals surface area contributed by atoms with Gasteiger partial charge in [0, 0.05) is 60.4 Å². The maximum atomic E-state index is 8.67. The Morgan fingerprint density at radius 1 is 0.272 bits per heavy atom. The molecule has 81 heavy (non-hydrogen) atoms. The van der Waals surface area contributed by atoms with Gasteiger partial charge in [0.1, 0.15) is 5.82 Å². The fraction of sp³-hybridized carbons (Fsp3) is 0. The Hall–Kier alpha value is -11.6. The molecule has 8 nitrogen and oxygen atoms in total. The van der Waals surface area contributed by atoms with Crippen LogP contribution in [0.3, 0.4) is 0 Å². The van der Waals surface area contributed by atoms with E-state index < -0.39 is 0 Å². The van der Waals surface area contributed by atoms with Gasteiger partial charge in [-0.05, 0) is 101 Å². The van der Waals surface area contributed by atoms with Crippen molar-refractivity contribution in [2.24, 2.45) is 0 Å². The van der Waals surface area contributed by atoms with Gasteiger partial charge < -0.3 is 13.7 Å². The monoisotopic (exact) mass is 1030 g/mol. The molecule has 0 amide bonds. The van der Waals surface area contributed by atoms with Crippen LogP contribution in [-0.4, -0.2) is 23.7 Å². The molecule has 0 spiro atoms. The largest absolute Gasteiger partial charge is 0.319 e. The van der Waals surface area contributed by atoms with E-state index in [2.05, 4.69) is 210 Å². The van der Waals surface area contributed by atoms with Crippen molar-refractivity contribution in [3.05, 3.63) is 289 Å². The molecule has 0 saturated carbocycles. The Bertz CT molecular complexity index is 4860. The van der Waals surface area contributed by atoms with Gasteiger partial charge in [0.15, 0.2) is 11.4 Å². The van der Waals surface area contributed by atoms with E-state index in [4.69, 9.17) is 29.7 Å². The molecule has 4 aromatic heterocycles. The average Bonchev–Trinajstić information content (AvgIpc) is 4.05. The second-order valence-electron chi connectivity index (χ2n) is 20.2. The quantitative estimate of drug-likeness (QED) is 0.142. The summed E-state index contributed by atoms with van der Waals surface area (Å²) in [6, 6.07) is 87.6. The van der Waals surface area contributed by atoms with Crippen LogP contribution in [0.4, 0.5) is 17.1 Å². The first-order chi connectivity index (χ1) is 40.0. The van der Waals surface area contributed by atoms with Crippen molar-refractivity contribution >= 4 is 82.5 Å². The standard InChI is InChI=1S/C73H42N8/c1-74-61-22-10-4-20-57(61)64-45-63(77-73(78-64)58-21-5-11-23-62(58)75-2)49-34-32-47(33-35-49)46-28-30-48(31-29-46)50-36-39-72(65(42-50)76-3)81-70-40-37-51(79-66-24-12-6-16-53(66)54-17-7-13-25-67(54)79)43-59(70)60-44-52(38-41-71(60)81)80-68-26-14-8-18-55(68)56-19-9-15-27-69(56)80/h4-45H. The SMILES string of the molecule is [C-]#[N+]c1ccccc1-c1cc(-c2ccc(-c3ccc(-c4ccc(-n5c6ccc(-n7c8ccccc8c8ccccc87)cc6c6cc(-n7c8ccccc8c8ccccc87)ccc65)c([N+]#[C-])c4)cc3)cc2)nc(-c2ccccc2[N+]#[C-])n1. The first-order valence-electron chi connectivity index (χ1n) is 26.6. The number of aromatic nitrogens is 5. The number of hydrogen-bond acceptors (Lipinski definition) is 2. The maximum Gasteiger partial charge on any atom is 0.211 e. The van der Waals surface area contributed by atoms with E-state index in [0.29, 0.717) is 45.4 Å². The zero-order valence-corrected chi connectivity index (χ0v) is 43.3. The molecule has 0 N–H and O–H groups in total. The van der Waals surface area contributed by atoms with Crippen LogP contribution in [0.1, 0.15) is 0 Å². The van der Waals surface area contributed by atoms with Gasteiger partial charge >= 0.3 is 0 Å². The fourth-order valence-electron chi connectivity index (χ4n) is 12.0. The Morgan fingerprint density at radius 3 is 1.15 bits per heavy atom. The van der Waals surface area contributed by atoms with Crippen molar-refractivity contribution in [3.8, 4) is 73.2 Å². The van der Waals surface area contributed by atoms with Crippen LogP contribution in [0.5, 0.6) is 0 Å². The summed E-state index contributed by atoms with van der Waals surface area (Å²) < 4.78 is 7.01. The minimum absolute atomic E-state index is 0.424. The Labute approximate surface area is 466 Å². The van der Waals surface area contributed by atoms with Crippen molar-refractivity contribution in [1.29, 1.82) is 0 Å². The van der Waals surface area contributed by atoms with Crippen LogP contribution in [0.2, 0.25) is 0 Å². The Balaban J connectivity index is 0.807. The number of nitrogens with zero attached hydrogens (tertiary/aromatic N) is 8. The third-order valence-corrected chi connectivity index (χ3v) is 15.8. The van der Waals surface area contributed by atoms with E-state index in [9.17, 15) is 0 Å². The van der Waals surface area contributed by atoms with Gasteiger partial charge in [-0.25, -0.2) is 24.5 Å². The summed E-state index contributed by atoms with van der Waals surface area (Å²) in [5.74, 6) is 0.424. The molecule has 0 aliphatic heterocycles. The molecule has 11 aromatic carbocycles. The van der Waals surface area contributed by atoms with Gasteiger partial charge in [-0.1, -0.05) is 176 Å². The first-order valence-corrected chi connectivity index (χ1v) is 26.6. The molecular weight excluding hydrogens is 989 g/mol. The van der Waals surface area contributed by atoms with Crippen LogP contribution < -0.4 is 0 Å². The second kappa shape index (κ2) is 18.8. The lowest BCUT2D eigenvalue weighted by Gasteiger charge is -2.14. The molecule has 0 unspecified atom stereocenters. The molecule has 0 bridgehead atoms. The zero-order chi connectivity index (χ0) is 54.1. The van der Waals surface area contributed by atoms with Crippen LogP contribution in [0, 0.1) is 19.7 Å². The van der Waals surface area contributed by atoms with Gasteiger partial charge in [0.2, 0.25) is 5.69 Å². The van der Waals surface area contributed by atoms with Crippen molar-refractivity contribution in [1.82, 2.24) is 23.7 Å². The zero-order valence-electron chi connectivity index (χ0n) is 43.3. The van der Waals surface area contributed by atoms with E-state index >= 15 is 0 Å². The van der Waals surface area contributed by atoms with E-state index in [-0.39, 0.29) is 0 Å². The minimum Gasteiger partial charge on any atom is -0.319 e. The second-order valence-corrected chi connectivity index (χ2v) is 20.2. The van der Waals surface area contributed by atoms with Crippen molar-refractivity contribution in [3.63, 3.8) is 0 Å². The topological polar surface area (TPSA) is 53.6 Å². The number of fused-ring (bicyclic) bond motifs is 9. The Morgan fingerprint density at radius 2 is 0.654 bits per heavy atom. The molecule has 0 saturated heterocycles. The van der Waals surface area contributed by atoms with Gasteiger partial charge in [-0.2, -0.15) is 0 Å². The van der Waals surface area contributed by atoms with Crippen molar-refractivity contribution in [2.45, 2.75) is 0 Å². The van der Waals surface area contributed by atoms with E-state index in [1.165, 1.54) is 21.5 Å².